The molecule has 0 fully saturated rings. The summed E-state index contributed by atoms with van der Waals surface area (Å²) in [5.74, 6) is 0.468. The zero-order valence-electron chi connectivity index (χ0n) is 12.5. The number of amides is 1. The fraction of sp³-hybridized carbons (Fsp3) is 0.200. The summed E-state index contributed by atoms with van der Waals surface area (Å²) in [5, 5.41) is 13.8. The van der Waals surface area contributed by atoms with Gasteiger partial charge < -0.3 is 10.2 Å². The molecular formula is C15H16N4O3. The van der Waals surface area contributed by atoms with E-state index in [1.54, 1.807) is 14.0 Å². The van der Waals surface area contributed by atoms with Crippen LogP contribution in [0.1, 0.15) is 12.5 Å². The number of nitrogens with one attached hydrogen (secondary N) is 1. The van der Waals surface area contributed by atoms with Gasteiger partial charge in [0.2, 0.25) is 5.91 Å². The van der Waals surface area contributed by atoms with Gasteiger partial charge in [-0.25, -0.2) is 4.98 Å². The number of carbonyl (C=O) groups is 1. The summed E-state index contributed by atoms with van der Waals surface area (Å²) >= 11 is 0. The van der Waals surface area contributed by atoms with Gasteiger partial charge in [0.05, 0.1) is 4.92 Å². The maximum Gasteiger partial charge on any atom is 0.287 e. The highest BCUT2D eigenvalue weighted by molar-refractivity contribution is 5.91. The van der Waals surface area contributed by atoms with Crippen molar-refractivity contribution >= 4 is 28.8 Å². The lowest BCUT2D eigenvalue weighted by atomic mass is 10.2. The largest absolute Gasteiger partial charge is 0.340 e. The molecule has 7 heteroatoms. The van der Waals surface area contributed by atoms with E-state index in [9.17, 15) is 14.9 Å². The summed E-state index contributed by atoms with van der Waals surface area (Å²) in [7, 11) is 1.69. The van der Waals surface area contributed by atoms with Gasteiger partial charge in [-0.15, -0.1) is 0 Å². The van der Waals surface area contributed by atoms with Gasteiger partial charge in [0.1, 0.15) is 12.0 Å². The normalized spacial score (nSPS) is 10.1. The van der Waals surface area contributed by atoms with Crippen molar-refractivity contribution in [1.29, 1.82) is 0 Å². The Morgan fingerprint density at radius 1 is 1.36 bits per heavy atom. The van der Waals surface area contributed by atoms with Crippen LogP contribution >= 0.6 is 0 Å². The lowest BCUT2D eigenvalue weighted by molar-refractivity contribution is -0.385. The summed E-state index contributed by atoms with van der Waals surface area (Å²) in [6.45, 7) is 3.23. The topological polar surface area (TPSA) is 88.4 Å². The number of nitro groups is 1. The minimum Gasteiger partial charge on any atom is -0.340 e. The van der Waals surface area contributed by atoms with E-state index in [0.29, 0.717) is 11.4 Å². The average molecular weight is 300 g/mol. The number of pyridine rings is 1. The van der Waals surface area contributed by atoms with Crippen LogP contribution in [0.5, 0.6) is 0 Å². The van der Waals surface area contributed by atoms with Gasteiger partial charge in [-0.1, -0.05) is 6.07 Å². The number of aromatic nitrogens is 1. The summed E-state index contributed by atoms with van der Waals surface area (Å²) in [4.78, 5) is 27.2. The van der Waals surface area contributed by atoms with Gasteiger partial charge >= 0.3 is 0 Å². The Kier molecular flexibility index (Phi) is 4.36. The third kappa shape index (κ3) is 3.38. The van der Waals surface area contributed by atoms with Crippen LogP contribution in [0, 0.1) is 17.0 Å². The minimum absolute atomic E-state index is 0.0480. The first kappa shape index (κ1) is 15.4. The van der Waals surface area contributed by atoms with Crippen molar-refractivity contribution in [3.05, 3.63) is 52.2 Å². The molecule has 0 aliphatic carbocycles. The Balaban J connectivity index is 2.26. The van der Waals surface area contributed by atoms with Crippen LogP contribution in [-0.2, 0) is 4.79 Å². The van der Waals surface area contributed by atoms with Gasteiger partial charge in [-0.2, -0.15) is 0 Å². The first-order valence-electron chi connectivity index (χ1n) is 6.61. The maximum absolute atomic E-state index is 11.4. The Morgan fingerprint density at radius 2 is 2.09 bits per heavy atom. The van der Waals surface area contributed by atoms with Crippen LogP contribution in [0.15, 0.2) is 36.5 Å². The lowest BCUT2D eigenvalue weighted by Gasteiger charge is -2.16. The Bertz CT molecular complexity index is 730. The highest BCUT2D eigenvalue weighted by Crippen LogP contribution is 2.24. The van der Waals surface area contributed by atoms with Crippen molar-refractivity contribution in [3.63, 3.8) is 0 Å². The molecule has 0 spiro atoms. The van der Waals surface area contributed by atoms with Crippen LogP contribution in [0.25, 0.3) is 0 Å². The molecule has 7 nitrogen and oxygen atoms in total. The molecule has 1 aromatic carbocycles. The number of hydrogen-bond acceptors (Lipinski definition) is 5. The number of anilines is 3. The predicted octanol–water partition coefficient (Wildman–Crippen LogP) is 3.02. The second kappa shape index (κ2) is 6.21. The zero-order chi connectivity index (χ0) is 16.3. The molecule has 0 aliphatic heterocycles. The van der Waals surface area contributed by atoms with Crippen LogP contribution < -0.4 is 10.2 Å². The highest BCUT2D eigenvalue weighted by atomic mass is 16.6. The van der Waals surface area contributed by atoms with Gasteiger partial charge in [0, 0.05) is 31.4 Å². The maximum atomic E-state index is 11.4. The molecule has 2 aromatic rings. The summed E-state index contributed by atoms with van der Waals surface area (Å²) in [6, 6.07) is 8.74. The van der Waals surface area contributed by atoms with Crippen molar-refractivity contribution in [2.24, 2.45) is 0 Å². The average Bonchev–Trinajstić information content (AvgIpc) is 2.48. The fourth-order valence-electron chi connectivity index (χ4n) is 1.90. The van der Waals surface area contributed by atoms with E-state index < -0.39 is 4.92 Å². The molecule has 22 heavy (non-hydrogen) atoms. The summed E-state index contributed by atoms with van der Waals surface area (Å²) in [5.41, 5.74) is 2.11. The molecule has 0 radical (unpaired) electrons. The van der Waals surface area contributed by atoms with Crippen molar-refractivity contribution in [3.8, 4) is 0 Å². The van der Waals surface area contributed by atoms with Crippen LogP contribution in [0.2, 0.25) is 0 Å². The Labute approximate surface area is 127 Å². The van der Waals surface area contributed by atoms with Gasteiger partial charge in [-0.3, -0.25) is 14.9 Å². The second-order valence-electron chi connectivity index (χ2n) is 4.87. The number of benzene rings is 1. The summed E-state index contributed by atoms with van der Waals surface area (Å²) in [6.07, 6.45) is 1.21. The fourth-order valence-corrected chi connectivity index (χ4v) is 1.90. The minimum atomic E-state index is -0.480. The molecule has 0 unspecified atom stereocenters. The van der Waals surface area contributed by atoms with Crippen LogP contribution in [0.4, 0.5) is 22.9 Å². The third-order valence-corrected chi connectivity index (χ3v) is 3.24. The van der Waals surface area contributed by atoms with E-state index in [4.69, 9.17) is 0 Å². The van der Waals surface area contributed by atoms with E-state index in [0.717, 1.165) is 11.4 Å². The number of nitrogens with zero attached hydrogens (tertiary/aromatic N) is 3. The SMILES string of the molecule is CC(=O)N(C)c1cccc(Nc2ncc([N+](=O)[O-])cc2C)c1. The standard InChI is InChI=1S/C15H16N4O3/c1-10-7-14(19(21)22)9-16-15(10)17-12-5-4-6-13(8-12)18(3)11(2)20/h4-9H,1-3H3,(H,16,17). The van der Waals surface area contributed by atoms with Crippen LogP contribution in [-0.4, -0.2) is 22.9 Å². The molecule has 0 atom stereocenters. The van der Waals surface area contributed by atoms with Gasteiger partial charge in [-0.05, 0) is 30.7 Å². The molecule has 0 saturated carbocycles. The molecule has 1 N–H and O–H groups in total. The van der Waals surface area contributed by atoms with E-state index >= 15 is 0 Å². The van der Waals surface area contributed by atoms with Crippen molar-refractivity contribution in [1.82, 2.24) is 4.98 Å². The first-order valence-corrected chi connectivity index (χ1v) is 6.61. The van der Waals surface area contributed by atoms with Gasteiger partial charge in [0.25, 0.3) is 5.69 Å². The van der Waals surface area contributed by atoms with E-state index in [-0.39, 0.29) is 11.6 Å². The molecule has 114 valence electrons. The van der Waals surface area contributed by atoms with E-state index in [2.05, 4.69) is 10.3 Å². The highest BCUT2D eigenvalue weighted by Gasteiger charge is 2.10. The smallest absolute Gasteiger partial charge is 0.287 e. The molecule has 1 aromatic heterocycles. The molecule has 0 aliphatic rings. The quantitative estimate of drug-likeness (QED) is 0.692. The Hall–Kier alpha value is -2.96. The van der Waals surface area contributed by atoms with Crippen LogP contribution in [0.3, 0.4) is 0 Å². The zero-order valence-corrected chi connectivity index (χ0v) is 12.5. The lowest BCUT2D eigenvalue weighted by Crippen LogP contribution is -2.22. The third-order valence-electron chi connectivity index (χ3n) is 3.24. The summed E-state index contributed by atoms with van der Waals surface area (Å²) < 4.78 is 0. The van der Waals surface area contributed by atoms with Gasteiger partial charge in [0.15, 0.2) is 0 Å². The predicted molar refractivity (Wildman–Crippen MR) is 84.4 cm³/mol. The molecule has 0 saturated heterocycles. The van der Waals surface area contributed by atoms with Crippen molar-refractivity contribution in [2.75, 3.05) is 17.3 Å². The van der Waals surface area contributed by atoms with Crippen molar-refractivity contribution in [2.45, 2.75) is 13.8 Å². The molecular weight excluding hydrogens is 284 g/mol. The number of aryl methyl sites for hydroxylation is 1. The monoisotopic (exact) mass is 300 g/mol. The molecule has 1 amide bonds. The first-order chi connectivity index (χ1) is 10.4. The van der Waals surface area contributed by atoms with Crippen molar-refractivity contribution < 1.29 is 9.72 Å². The number of carbonyl (C=O) groups excluding carboxylic acids is 1. The molecule has 1 heterocycles. The number of rotatable bonds is 4. The second-order valence-corrected chi connectivity index (χ2v) is 4.87. The van der Waals surface area contributed by atoms with E-state index in [1.165, 1.54) is 24.1 Å². The van der Waals surface area contributed by atoms with E-state index in [1.807, 2.05) is 24.3 Å². The molecule has 2 rings (SSSR count). The Morgan fingerprint density at radius 3 is 2.68 bits per heavy atom. The molecule has 0 bridgehead atoms. The number of hydrogen-bond donors (Lipinski definition) is 1.